The third kappa shape index (κ3) is 5.20. The molecule has 1 atom stereocenters. The lowest BCUT2D eigenvalue weighted by molar-refractivity contribution is 0.106. The summed E-state index contributed by atoms with van der Waals surface area (Å²) in [5.74, 6) is 0.911. The van der Waals surface area contributed by atoms with Gasteiger partial charge in [0.15, 0.2) is 0 Å². The Balaban J connectivity index is 1.31. The maximum absolute atomic E-state index is 5.75. The molecule has 0 saturated carbocycles. The Morgan fingerprint density at radius 2 is 1.43 bits per heavy atom. The van der Waals surface area contributed by atoms with Crippen molar-refractivity contribution in [3.8, 4) is 0 Å². The van der Waals surface area contributed by atoms with Crippen molar-refractivity contribution in [1.82, 2.24) is 5.32 Å². The van der Waals surface area contributed by atoms with E-state index in [4.69, 9.17) is 9.47 Å². The predicted molar refractivity (Wildman–Crippen MR) is 91.4 cm³/mol. The van der Waals surface area contributed by atoms with Gasteiger partial charge >= 0.3 is 0 Å². The molecule has 1 aliphatic heterocycles. The summed E-state index contributed by atoms with van der Waals surface area (Å²) in [6.45, 7) is 3.17. The van der Waals surface area contributed by atoms with Gasteiger partial charge in [-0.3, -0.25) is 4.99 Å². The molecule has 23 heavy (non-hydrogen) atoms. The molecule has 0 fully saturated rings. The van der Waals surface area contributed by atoms with Gasteiger partial charge < -0.3 is 14.8 Å². The van der Waals surface area contributed by atoms with Crippen LogP contribution in [0.3, 0.4) is 0 Å². The van der Waals surface area contributed by atoms with Gasteiger partial charge in [-0.1, -0.05) is 60.7 Å². The second-order valence-corrected chi connectivity index (χ2v) is 5.61. The first kappa shape index (κ1) is 15.7. The Morgan fingerprint density at radius 1 is 0.826 bits per heavy atom. The first-order valence-corrected chi connectivity index (χ1v) is 7.93. The van der Waals surface area contributed by atoms with Crippen LogP contribution < -0.4 is 5.32 Å². The van der Waals surface area contributed by atoms with Crippen molar-refractivity contribution in [3.05, 3.63) is 71.8 Å². The van der Waals surface area contributed by atoms with E-state index in [1.165, 1.54) is 11.1 Å². The highest BCUT2D eigenvalue weighted by molar-refractivity contribution is 5.85. The van der Waals surface area contributed by atoms with Crippen LogP contribution in [0, 0.1) is 0 Å². The minimum absolute atomic E-state index is 0.244. The average Bonchev–Trinajstić information content (AvgIpc) is 3.05. The third-order valence-electron chi connectivity index (χ3n) is 3.65. The Kier molecular flexibility index (Phi) is 5.78. The normalized spacial score (nSPS) is 16.9. The van der Waals surface area contributed by atoms with Gasteiger partial charge in [0.05, 0.1) is 32.4 Å². The van der Waals surface area contributed by atoms with Gasteiger partial charge in [-0.15, -0.1) is 0 Å². The van der Waals surface area contributed by atoms with Crippen molar-refractivity contribution >= 4 is 5.84 Å². The van der Waals surface area contributed by atoms with Crippen LogP contribution in [0.5, 0.6) is 0 Å². The number of benzene rings is 2. The number of nitrogens with one attached hydrogen (secondary N) is 1. The van der Waals surface area contributed by atoms with Crippen LogP contribution in [0.1, 0.15) is 11.1 Å². The van der Waals surface area contributed by atoms with Gasteiger partial charge in [-0.2, -0.15) is 0 Å². The molecule has 1 aliphatic rings. The molecule has 2 aromatic rings. The van der Waals surface area contributed by atoms with Gasteiger partial charge in [0.25, 0.3) is 0 Å². The molecule has 1 N–H and O–H groups in total. The molecule has 4 nitrogen and oxygen atoms in total. The zero-order valence-corrected chi connectivity index (χ0v) is 13.2. The standard InChI is InChI=1S/C19H22N2O2/c1-3-7-16(8-4-1)12-22-14-18-11-20-19(21-18)15-23-13-17-9-5-2-6-10-17/h1-10,18H,11-15H2,(H,20,21). The molecule has 0 aliphatic carbocycles. The summed E-state index contributed by atoms with van der Waals surface area (Å²) in [5, 5.41) is 3.36. The zero-order valence-electron chi connectivity index (χ0n) is 13.2. The Bertz CT molecular complexity index is 614. The predicted octanol–water partition coefficient (Wildman–Crippen LogP) is 2.79. The highest BCUT2D eigenvalue weighted by Gasteiger charge is 2.17. The maximum Gasteiger partial charge on any atom is 0.123 e. The van der Waals surface area contributed by atoms with E-state index >= 15 is 0 Å². The van der Waals surface area contributed by atoms with Crippen LogP contribution in [0.25, 0.3) is 0 Å². The van der Waals surface area contributed by atoms with Gasteiger partial charge in [-0.25, -0.2) is 0 Å². The van der Waals surface area contributed by atoms with Crippen LogP contribution in [-0.2, 0) is 22.7 Å². The lowest BCUT2D eigenvalue weighted by atomic mass is 10.2. The zero-order chi connectivity index (χ0) is 15.7. The van der Waals surface area contributed by atoms with Gasteiger partial charge in [-0.05, 0) is 11.1 Å². The van der Waals surface area contributed by atoms with Crippen LogP contribution in [0.4, 0.5) is 0 Å². The third-order valence-corrected chi connectivity index (χ3v) is 3.65. The van der Waals surface area contributed by atoms with E-state index in [0.717, 1.165) is 12.4 Å². The van der Waals surface area contributed by atoms with Crippen molar-refractivity contribution in [2.45, 2.75) is 19.3 Å². The quantitative estimate of drug-likeness (QED) is 0.815. The van der Waals surface area contributed by atoms with Gasteiger partial charge in [0, 0.05) is 0 Å². The summed E-state index contributed by atoms with van der Waals surface area (Å²) in [5.41, 5.74) is 2.37. The molecular weight excluding hydrogens is 288 g/mol. The molecule has 0 aromatic heterocycles. The van der Waals surface area contributed by atoms with Crippen molar-refractivity contribution in [2.75, 3.05) is 19.8 Å². The number of nitrogens with zero attached hydrogens (tertiary/aromatic N) is 1. The minimum atomic E-state index is 0.244. The Labute approximate surface area is 137 Å². The highest BCUT2D eigenvalue weighted by Crippen LogP contribution is 2.04. The number of aliphatic imine (C=N–C) groups is 1. The van der Waals surface area contributed by atoms with Crippen molar-refractivity contribution in [1.29, 1.82) is 0 Å². The first-order chi connectivity index (χ1) is 11.4. The molecule has 0 amide bonds. The topological polar surface area (TPSA) is 42.9 Å². The summed E-state index contributed by atoms with van der Waals surface area (Å²) >= 11 is 0. The Morgan fingerprint density at radius 3 is 2.09 bits per heavy atom. The summed E-state index contributed by atoms with van der Waals surface area (Å²) in [4.78, 5) is 4.47. The minimum Gasteiger partial charge on any atom is -0.375 e. The van der Waals surface area contributed by atoms with E-state index in [0.29, 0.717) is 26.4 Å². The fraction of sp³-hybridized carbons (Fsp3) is 0.316. The molecule has 0 spiro atoms. The number of amidine groups is 1. The van der Waals surface area contributed by atoms with Crippen LogP contribution in [-0.4, -0.2) is 31.6 Å². The fourth-order valence-electron chi connectivity index (χ4n) is 2.46. The van der Waals surface area contributed by atoms with Crippen molar-refractivity contribution < 1.29 is 9.47 Å². The number of hydrogen-bond donors (Lipinski definition) is 1. The van der Waals surface area contributed by atoms with Crippen LogP contribution in [0.15, 0.2) is 65.7 Å². The maximum atomic E-state index is 5.75. The van der Waals surface area contributed by atoms with E-state index in [1.807, 2.05) is 36.4 Å². The molecule has 1 heterocycles. The summed E-state index contributed by atoms with van der Waals surface area (Å²) in [6, 6.07) is 20.6. The second-order valence-electron chi connectivity index (χ2n) is 5.61. The molecule has 2 aromatic carbocycles. The lowest BCUT2D eigenvalue weighted by Gasteiger charge is -2.12. The largest absolute Gasteiger partial charge is 0.375 e. The SMILES string of the molecule is c1ccc(COCC2=NCC(COCc3ccccc3)N2)cc1. The van der Waals surface area contributed by atoms with Gasteiger partial charge in [0.1, 0.15) is 12.4 Å². The van der Waals surface area contributed by atoms with E-state index in [-0.39, 0.29) is 6.04 Å². The average molecular weight is 310 g/mol. The van der Waals surface area contributed by atoms with Crippen molar-refractivity contribution in [2.24, 2.45) is 4.99 Å². The first-order valence-electron chi connectivity index (χ1n) is 7.93. The summed E-state index contributed by atoms with van der Waals surface area (Å²) in [7, 11) is 0. The molecule has 1 unspecified atom stereocenters. The monoisotopic (exact) mass is 310 g/mol. The van der Waals surface area contributed by atoms with E-state index in [1.54, 1.807) is 0 Å². The Hall–Kier alpha value is -2.17. The smallest absolute Gasteiger partial charge is 0.123 e. The highest BCUT2D eigenvalue weighted by atomic mass is 16.5. The van der Waals surface area contributed by atoms with Crippen LogP contribution >= 0.6 is 0 Å². The van der Waals surface area contributed by atoms with Gasteiger partial charge in [0.2, 0.25) is 0 Å². The van der Waals surface area contributed by atoms with E-state index in [9.17, 15) is 0 Å². The number of hydrogen-bond acceptors (Lipinski definition) is 4. The molecular formula is C19H22N2O2. The van der Waals surface area contributed by atoms with E-state index in [2.05, 4.69) is 34.6 Å². The number of ether oxygens (including phenoxy) is 2. The molecule has 120 valence electrons. The summed E-state index contributed by atoms with van der Waals surface area (Å²) < 4.78 is 11.4. The fourth-order valence-corrected chi connectivity index (χ4v) is 2.46. The number of rotatable bonds is 8. The summed E-state index contributed by atoms with van der Waals surface area (Å²) in [6.07, 6.45) is 0. The van der Waals surface area contributed by atoms with E-state index < -0.39 is 0 Å². The molecule has 0 bridgehead atoms. The molecule has 4 heteroatoms. The lowest BCUT2D eigenvalue weighted by Crippen LogP contribution is -2.36. The van der Waals surface area contributed by atoms with Crippen LogP contribution in [0.2, 0.25) is 0 Å². The second kappa shape index (κ2) is 8.46. The molecule has 0 radical (unpaired) electrons. The molecule has 0 saturated heterocycles. The van der Waals surface area contributed by atoms with Crippen molar-refractivity contribution in [3.63, 3.8) is 0 Å². The molecule has 3 rings (SSSR count).